The van der Waals surface area contributed by atoms with Gasteiger partial charge in [0.1, 0.15) is 0 Å². The standard InChI is InChI=1S/C19H13NO4/c20-17(13-6-3-7-14(8-13)18(21)22)15-9-11-4-1-2-5-12(11)10-16(15)19(23)24/h1-10,20H,(H,21,22)(H,23,24). The lowest BCUT2D eigenvalue weighted by molar-refractivity contribution is 0.0686. The molecule has 0 bridgehead atoms. The first-order valence-corrected chi connectivity index (χ1v) is 7.16. The fraction of sp³-hybridized carbons (Fsp3) is 0. The van der Waals surface area contributed by atoms with Crippen LogP contribution < -0.4 is 0 Å². The molecule has 3 aromatic carbocycles. The number of benzene rings is 3. The van der Waals surface area contributed by atoms with Gasteiger partial charge in [0, 0.05) is 11.1 Å². The van der Waals surface area contributed by atoms with E-state index in [0.717, 1.165) is 10.8 Å². The topological polar surface area (TPSA) is 98.5 Å². The molecule has 3 rings (SSSR count). The lowest BCUT2D eigenvalue weighted by Crippen LogP contribution is -2.11. The fourth-order valence-electron chi connectivity index (χ4n) is 2.59. The van der Waals surface area contributed by atoms with Crippen LogP contribution in [0.15, 0.2) is 60.7 Å². The summed E-state index contributed by atoms with van der Waals surface area (Å²) in [4.78, 5) is 22.7. The van der Waals surface area contributed by atoms with E-state index in [9.17, 15) is 14.7 Å². The van der Waals surface area contributed by atoms with E-state index >= 15 is 0 Å². The van der Waals surface area contributed by atoms with Gasteiger partial charge in [-0.1, -0.05) is 36.4 Å². The van der Waals surface area contributed by atoms with Gasteiger partial charge in [-0.3, -0.25) is 5.41 Å². The molecule has 5 nitrogen and oxygen atoms in total. The predicted octanol–water partition coefficient (Wildman–Crippen LogP) is 3.65. The van der Waals surface area contributed by atoms with E-state index in [0.29, 0.717) is 5.56 Å². The van der Waals surface area contributed by atoms with Crippen molar-refractivity contribution in [3.63, 3.8) is 0 Å². The number of hydrogen-bond acceptors (Lipinski definition) is 3. The Hall–Kier alpha value is -3.47. The zero-order valence-corrected chi connectivity index (χ0v) is 12.5. The number of carboxylic acid groups (broad SMARTS) is 2. The lowest BCUT2D eigenvalue weighted by atomic mass is 9.93. The second kappa shape index (κ2) is 5.96. The Bertz CT molecular complexity index is 992. The highest BCUT2D eigenvalue weighted by Crippen LogP contribution is 2.23. The van der Waals surface area contributed by atoms with E-state index in [4.69, 9.17) is 10.5 Å². The number of aromatic carboxylic acids is 2. The van der Waals surface area contributed by atoms with Crippen LogP contribution in [0.5, 0.6) is 0 Å². The molecule has 3 aromatic rings. The van der Waals surface area contributed by atoms with Crippen LogP contribution in [0, 0.1) is 5.41 Å². The first-order chi connectivity index (χ1) is 11.5. The monoisotopic (exact) mass is 319 g/mol. The van der Waals surface area contributed by atoms with E-state index in [2.05, 4.69) is 0 Å². The number of fused-ring (bicyclic) bond motifs is 1. The zero-order chi connectivity index (χ0) is 17.3. The minimum atomic E-state index is -1.13. The van der Waals surface area contributed by atoms with E-state index in [1.54, 1.807) is 18.2 Å². The summed E-state index contributed by atoms with van der Waals surface area (Å²) in [5.41, 5.74) is 0.645. The molecule has 0 atom stereocenters. The van der Waals surface area contributed by atoms with Gasteiger partial charge >= 0.3 is 11.9 Å². The van der Waals surface area contributed by atoms with Crippen LogP contribution in [-0.2, 0) is 0 Å². The summed E-state index contributed by atoms with van der Waals surface area (Å²) in [5, 5.41) is 28.5. The Kier molecular flexibility index (Phi) is 3.83. The molecule has 5 heteroatoms. The number of nitrogens with one attached hydrogen (secondary N) is 1. The molecule has 0 aliphatic rings. The molecule has 0 spiro atoms. The molecule has 0 aliphatic heterocycles. The maximum absolute atomic E-state index is 11.6. The van der Waals surface area contributed by atoms with Gasteiger partial charge in [0.05, 0.1) is 16.8 Å². The van der Waals surface area contributed by atoms with E-state index in [1.165, 1.54) is 24.3 Å². The van der Waals surface area contributed by atoms with E-state index in [1.807, 2.05) is 18.2 Å². The molecule has 0 fully saturated rings. The van der Waals surface area contributed by atoms with Gasteiger partial charge in [-0.2, -0.15) is 0 Å². The van der Waals surface area contributed by atoms with Crippen LogP contribution in [0.1, 0.15) is 31.8 Å². The van der Waals surface area contributed by atoms with Gasteiger partial charge in [-0.25, -0.2) is 9.59 Å². The SMILES string of the molecule is N=C(c1cccc(C(=O)O)c1)c1cc2ccccc2cc1C(=O)O. The van der Waals surface area contributed by atoms with Crippen molar-refractivity contribution in [1.29, 1.82) is 5.41 Å². The van der Waals surface area contributed by atoms with Crippen molar-refractivity contribution in [3.8, 4) is 0 Å². The number of hydrogen-bond donors (Lipinski definition) is 3. The van der Waals surface area contributed by atoms with E-state index in [-0.39, 0.29) is 22.4 Å². The van der Waals surface area contributed by atoms with Crippen LogP contribution >= 0.6 is 0 Å². The Morgan fingerprint density at radius 2 is 1.29 bits per heavy atom. The first-order valence-electron chi connectivity index (χ1n) is 7.16. The minimum absolute atomic E-state index is 0.0134. The van der Waals surface area contributed by atoms with Crippen LogP contribution in [0.4, 0.5) is 0 Å². The molecule has 3 N–H and O–H groups in total. The smallest absolute Gasteiger partial charge is 0.336 e. The largest absolute Gasteiger partial charge is 0.478 e. The van der Waals surface area contributed by atoms with Gasteiger partial charge in [0.2, 0.25) is 0 Å². The summed E-state index contributed by atoms with van der Waals surface area (Å²) in [5.74, 6) is -2.23. The Balaban J connectivity index is 2.18. The van der Waals surface area contributed by atoms with Crippen molar-refractivity contribution < 1.29 is 19.8 Å². The number of carbonyl (C=O) groups is 2. The third-order valence-corrected chi connectivity index (χ3v) is 3.78. The summed E-state index contributed by atoms with van der Waals surface area (Å²) in [6, 6.07) is 16.4. The van der Waals surface area contributed by atoms with Crippen LogP contribution in [-0.4, -0.2) is 27.9 Å². The van der Waals surface area contributed by atoms with Crippen molar-refractivity contribution in [2.24, 2.45) is 0 Å². The second-order valence-electron chi connectivity index (χ2n) is 5.31. The molecule has 0 aromatic heterocycles. The Labute approximate surface area is 137 Å². The lowest BCUT2D eigenvalue weighted by Gasteiger charge is -2.11. The molecule has 0 unspecified atom stereocenters. The van der Waals surface area contributed by atoms with E-state index < -0.39 is 11.9 Å². The molecule has 118 valence electrons. The molecule has 0 saturated carbocycles. The zero-order valence-electron chi connectivity index (χ0n) is 12.5. The quantitative estimate of drug-likeness (QED) is 0.639. The molecule has 0 amide bonds. The van der Waals surface area contributed by atoms with Gasteiger partial charge in [0.15, 0.2) is 0 Å². The number of rotatable bonds is 4. The fourth-order valence-corrected chi connectivity index (χ4v) is 2.59. The highest BCUT2D eigenvalue weighted by atomic mass is 16.4. The predicted molar refractivity (Wildman–Crippen MR) is 90.2 cm³/mol. The van der Waals surface area contributed by atoms with Gasteiger partial charge in [0.25, 0.3) is 0 Å². The molecule has 0 saturated heterocycles. The van der Waals surface area contributed by atoms with Gasteiger partial charge in [-0.05, 0) is 35.0 Å². The molecular formula is C19H13NO4. The normalized spacial score (nSPS) is 10.5. The average Bonchev–Trinajstić information content (AvgIpc) is 2.60. The maximum atomic E-state index is 11.6. The molecule has 24 heavy (non-hydrogen) atoms. The minimum Gasteiger partial charge on any atom is -0.478 e. The average molecular weight is 319 g/mol. The van der Waals surface area contributed by atoms with Crippen LogP contribution in [0.2, 0.25) is 0 Å². The molecule has 0 radical (unpaired) electrons. The van der Waals surface area contributed by atoms with Crippen molar-refractivity contribution in [2.75, 3.05) is 0 Å². The number of carboxylic acids is 2. The van der Waals surface area contributed by atoms with Crippen molar-refractivity contribution in [1.82, 2.24) is 0 Å². The Morgan fingerprint density at radius 3 is 1.88 bits per heavy atom. The highest BCUT2D eigenvalue weighted by Gasteiger charge is 2.17. The van der Waals surface area contributed by atoms with Gasteiger partial charge in [-0.15, -0.1) is 0 Å². The second-order valence-corrected chi connectivity index (χ2v) is 5.31. The summed E-state index contributed by atoms with van der Waals surface area (Å²) in [6.45, 7) is 0. The third-order valence-electron chi connectivity index (χ3n) is 3.78. The highest BCUT2D eigenvalue weighted by molar-refractivity contribution is 6.18. The van der Waals surface area contributed by atoms with Crippen LogP contribution in [0.3, 0.4) is 0 Å². The summed E-state index contributed by atoms with van der Waals surface area (Å²) >= 11 is 0. The molecule has 0 heterocycles. The summed E-state index contributed by atoms with van der Waals surface area (Å²) < 4.78 is 0. The molecule has 0 aliphatic carbocycles. The first kappa shape index (κ1) is 15.4. The summed E-state index contributed by atoms with van der Waals surface area (Å²) in [7, 11) is 0. The van der Waals surface area contributed by atoms with Crippen LogP contribution in [0.25, 0.3) is 10.8 Å². The molecular weight excluding hydrogens is 306 g/mol. The van der Waals surface area contributed by atoms with Crippen molar-refractivity contribution in [2.45, 2.75) is 0 Å². The summed E-state index contributed by atoms with van der Waals surface area (Å²) in [6.07, 6.45) is 0. The van der Waals surface area contributed by atoms with Gasteiger partial charge < -0.3 is 10.2 Å². The Morgan fingerprint density at radius 1 is 0.708 bits per heavy atom. The maximum Gasteiger partial charge on any atom is 0.336 e. The van der Waals surface area contributed by atoms with Crippen molar-refractivity contribution >= 4 is 28.4 Å². The third kappa shape index (κ3) is 2.75. The van der Waals surface area contributed by atoms with Crippen molar-refractivity contribution in [3.05, 3.63) is 82.9 Å².